The van der Waals surface area contributed by atoms with Crippen LogP contribution in [0.15, 0.2) is 0 Å². The monoisotopic (exact) mass is 189 g/mol. The van der Waals surface area contributed by atoms with Crippen LogP contribution < -0.4 is 0 Å². The molecular weight excluding hydrogens is 166 g/mol. The van der Waals surface area contributed by atoms with Crippen molar-refractivity contribution in [3.05, 3.63) is 0 Å². The van der Waals surface area contributed by atoms with E-state index in [0.717, 1.165) is 13.3 Å². The number of methoxy groups -OCH3 is 1. The first-order valence-corrected chi connectivity index (χ1v) is 8.41. The first-order valence-electron chi connectivity index (χ1n) is 4.71. The molecule has 12 heavy (non-hydrogen) atoms. The number of rotatable bonds is 6. The second-order valence-corrected chi connectivity index (χ2v) is 9.97. The standard InChI is InChI=1S/C9H23NOSi/c1-6-7-10(8-11-2)9-12(3,4)5/h6-9H2,1-5H3. The van der Waals surface area contributed by atoms with E-state index < -0.39 is 8.07 Å². The van der Waals surface area contributed by atoms with Crippen LogP contribution in [-0.2, 0) is 4.74 Å². The minimum absolute atomic E-state index is 0.790. The quantitative estimate of drug-likeness (QED) is 0.469. The van der Waals surface area contributed by atoms with Crippen LogP contribution in [0.4, 0.5) is 0 Å². The fourth-order valence-electron chi connectivity index (χ4n) is 1.36. The highest BCUT2D eigenvalue weighted by Crippen LogP contribution is 2.04. The molecule has 0 aromatic rings. The lowest BCUT2D eigenvalue weighted by Crippen LogP contribution is -2.41. The van der Waals surface area contributed by atoms with Crippen molar-refractivity contribution in [2.75, 3.05) is 26.6 Å². The summed E-state index contributed by atoms with van der Waals surface area (Å²) in [5, 5.41) is 0. The van der Waals surface area contributed by atoms with Gasteiger partial charge in [-0.05, 0) is 19.1 Å². The predicted molar refractivity (Wildman–Crippen MR) is 57.1 cm³/mol. The third-order valence-electron chi connectivity index (χ3n) is 1.55. The van der Waals surface area contributed by atoms with Gasteiger partial charge in [-0.25, -0.2) is 0 Å². The molecule has 74 valence electrons. The van der Waals surface area contributed by atoms with E-state index in [0.29, 0.717) is 0 Å². The molecule has 0 aromatic heterocycles. The summed E-state index contributed by atoms with van der Waals surface area (Å²) in [5.41, 5.74) is 0. The van der Waals surface area contributed by atoms with Crippen LogP contribution in [-0.4, -0.2) is 39.5 Å². The highest BCUT2D eigenvalue weighted by molar-refractivity contribution is 6.76. The van der Waals surface area contributed by atoms with E-state index in [1.54, 1.807) is 7.11 Å². The minimum Gasteiger partial charge on any atom is -0.369 e. The van der Waals surface area contributed by atoms with Gasteiger partial charge in [0.15, 0.2) is 0 Å². The average molecular weight is 189 g/mol. The van der Waals surface area contributed by atoms with Gasteiger partial charge in [-0.15, -0.1) is 0 Å². The van der Waals surface area contributed by atoms with Crippen LogP contribution >= 0.6 is 0 Å². The van der Waals surface area contributed by atoms with E-state index in [1.807, 2.05) is 0 Å². The Labute approximate surface area is 77.9 Å². The normalized spacial score (nSPS) is 12.5. The molecule has 0 heterocycles. The Morgan fingerprint density at radius 3 is 2.17 bits per heavy atom. The number of nitrogens with zero attached hydrogens (tertiary/aromatic N) is 1. The van der Waals surface area contributed by atoms with Crippen molar-refractivity contribution in [1.29, 1.82) is 0 Å². The summed E-state index contributed by atoms with van der Waals surface area (Å²) >= 11 is 0. The molecule has 2 nitrogen and oxygen atoms in total. The lowest BCUT2D eigenvalue weighted by molar-refractivity contribution is 0.0748. The van der Waals surface area contributed by atoms with Gasteiger partial charge in [0.05, 0.1) is 14.8 Å². The van der Waals surface area contributed by atoms with Crippen molar-refractivity contribution in [2.24, 2.45) is 0 Å². The summed E-state index contributed by atoms with van der Waals surface area (Å²) in [6.45, 7) is 11.4. The summed E-state index contributed by atoms with van der Waals surface area (Å²) in [6, 6.07) is 0. The Morgan fingerprint density at radius 1 is 1.25 bits per heavy atom. The summed E-state index contributed by atoms with van der Waals surface area (Å²) < 4.78 is 5.15. The SMILES string of the molecule is CCCN(COC)C[Si](C)(C)C. The highest BCUT2D eigenvalue weighted by Gasteiger charge is 2.17. The summed E-state index contributed by atoms with van der Waals surface area (Å²) in [5.74, 6) is 0. The van der Waals surface area contributed by atoms with Gasteiger partial charge in [-0.3, -0.25) is 4.90 Å². The van der Waals surface area contributed by atoms with Gasteiger partial charge < -0.3 is 4.74 Å². The van der Waals surface area contributed by atoms with Crippen molar-refractivity contribution >= 4 is 8.07 Å². The molecule has 0 aliphatic heterocycles. The van der Waals surface area contributed by atoms with E-state index in [2.05, 4.69) is 31.5 Å². The Bertz CT molecular complexity index is 106. The number of hydrogen-bond donors (Lipinski definition) is 0. The molecule has 0 radical (unpaired) electrons. The average Bonchev–Trinajstić information content (AvgIpc) is 1.84. The van der Waals surface area contributed by atoms with Crippen LogP contribution in [0, 0.1) is 0 Å². The Kier molecular flexibility index (Phi) is 5.79. The van der Waals surface area contributed by atoms with Gasteiger partial charge in [-0.1, -0.05) is 26.6 Å². The molecule has 0 rings (SSSR count). The van der Waals surface area contributed by atoms with Gasteiger partial charge in [-0.2, -0.15) is 0 Å². The highest BCUT2D eigenvalue weighted by atomic mass is 28.3. The topological polar surface area (TPSA) is 12.5 Å². The third-order valence-corrected chi connectivity index (χ3v) is 2.95. The Balaban J connectivity index is 3.77. The molecule has 0 unspecified atom stereocenters. The molecule has 0 saturated carbocycles. The maximum Gasteiger partial charge on any atom is 0.0983 e. The lowest BCUT2D eigenvalue weighted by Gasteiger charge is -2.27. The zero-order chi connectivity index (χ0) is 9.61. The molecule has 0 atom stereocenters. The maximum absolute atomic E-state index is 5.15. The number of hydrogen-bond acceptors (Lipinski definition) is 2. The molecule has 0 spiro atoms. The van der Waals surface area contributed by atoms with Gasteiger partial charge in [0.25, 0.3) is 0 Å². The van der Waals surface area contributed by atoms with Crippen LogP contribution in [0.5, 0.6) is 0 Å². The van der Waals surface area contributed by atoms with Crippen molar-refractivity contribution in [3.63, 3.8) is 0 Å². The molecule has 0 aliphatic carbocycles. The first kappa shape index (κ1) is 12.1. The van der Waals surface area contributed by atoms with Crippen LogP contribution in [0.3, 0.4) is 0 Å². The number of ether oxygens (including phenoxy) is 1. The van der Waals surface area contributed by atoms with Crippen molar-refractivity contribution in [2.45, 2.75) is 33.0 Å². The molecule has 0 amide bonds. The van der Waals surface area contributed by atoms with Crippen molar-refractivity contribution in [1.82, 2.24) is 4.90 Å². The molecule has 0 N–H and O–H groups in total. The maximum atomic E-state index is 5.15. The van der Waals surface area contributed by atoms with Crippen LogP contribution in [0.1, 0.15) is 13.3 Å². The van der Waals surface area contributed by atoms with Crippen LogP contribution in [0.25, 0.3) is 0 Å². The molecule has 0 aromatic carbocycles. The van der Waals surface area contributed by atoms with Crippen molar-refractivity contribution < 1.29 is 4.74 Å². The van der Waals surface area contributed by atoms with Gasteiger partial charge in [0.2, 0.25) is 0 Å². The second-order valence-electron chi connectivity index (χ2n) is 4.53. The van der Waals surface area contributed by atoms with Gasteiger partial charge in [0, 0.05) is 7.11 Å². The molecule has 3 heteroatoms. The smallest absolute Gasteiger partial charge is 0.0983 e. The van der Waals surface area contributed by atoms with E-state index in [1.165, 1.54) is 12.6 Å². The summed E-state index contributed by atoms with van der Waals surface area (Å²) in [7, 11) is 0.822. The lowest BCUT2D eigenvalue weighted by atomic mass is 10.5. The van der Waals surface area contributed by atoms with E-state index in [9.17, 15) is 0 Å². The molecule has 0 bridgehead atoms. The third kappa shape index (κ3) is 6.82. The first-order chi connectivity index (χ1) is 5.49. The molecule has 0 aliphatic rings. The van der Waals surface area contributed by atoms with E-state index in [4.69, 9.17) is 4.74 Å². The molecule has 0 saturated heterocycles. The Hall–Kier alpha value is 0.137. The second kappa shape index (κ2) is 5.73. The fraction of sp³-hybridized carbons (Fsp3) is 1.00. The van der Waals surface area contributed by atoms with Gasteiger partial charge in [0.1, 0.15) is 0 Å². The van der Waals surface area contributed by atoms with Gasteiger partial charge >= 0.3 is 0 Å². The van der Waals surface area contributed by atoms with E-state index in [-0.39, 0.29) is 0 Å². The largest absolute Gasteiger partial charge is 0.369 e. The summed E-state index contributed by atoms with van der Waals surface area (Å²) in [4.78, 5) is 2.41. The van der Waals surface area contributed by atoms with Crippen LogP contribution in [0.2, 0.25) is 19.6 Å². The summed E-state index contributed by atoms with van der Waals surface area (Å²) in [6.07, 6.45) is 2.46. The van der Waals surface area contributed by atoms with E-state index >= 15 is 0 Å². The minimum atomic E-state index is -0.949. The zero-order valence-electron chi connectivity index (χ0n) is 9.18. The fourth-order valence-corrected chi connectivity index (χ4v) is 2.95. The molecule has 0 fully saturated rings. The predicted octanol–water partition coefficient (Wildman–Crippen LogP) is 2.18. The van der Waals surface area contributed by atoms with Crippen molar-refractivity contribution in [3.8, 4) is 0 Å². The molecular formula is C9H23NOSi. The Morgan fingerprint density at radius 2 is 1.83 bits per heavy atom. The zero-order valence-corrected chi connectivity index (χ0v) is 10.2.